The molecule has 1 heterocycles. The lowest BCUT2D eigenvalue weighted by Gasteiger charge is -2.29. The maximum absolute atomic E-state index is 13.3. The highest BCUT2D eigenvalue weighted by molar-refractivity contribution is 5.98. The first-order valence-corrected chi connectivity index (χ1v) is 13.0. The number of amides is 4. The Hall–Kier alpha value is -2.49. The molecule has 0 saturated carbocycles. The number of carbonyl (C=O) groups excluding carboxylic acids is 5. The van der Waals surface area contributed by atoms with Gasteiger partial charge in [-0.25, -0.2) is 0 Å². The van der Waals surface area contributed by atoms with E-state index >= 15 is 0 Å². The van der Waals surface area contributed by atoms with Gasteiger partial charge >= 0.3 is 0 Å². The third kappa shape index (κ3) is 10.2. The van der Waals surface area contributed by atoms with E-state index in [2.05, 4.69) is 16.0 Å². The fourth-order valence-corrected chi connectivity index (χ4v) is 3.77. The van der Waals surface area contributed by atoms with Gasteiger partial charge in [-0.15, -0.1) is 0 Å². The van der Waals surface area contributed by atoms with Crippen LogP contribution in [0.3, 0.4) is 0 Å². The van der Waals surface area contributed by atoms with Crippen LogP contribution in [0.25, 0.3) is 0 Å². The maximum Gasteiger partial charge on any atom is 0.245 e. The average Bonchev–Trinajstić information content (AvgIpc) is 3.53. The van der Waals surface area contributed by atoms with Gasteiger partial charge in [-0.3, -0.25) is 24.0 Å². The highest BCUT2D eigenvalue weighted by Gasteiger charge is 2.50. The molecule has 0 spiro atoms. The van der Waals surface area contributed by atoms with Crippen molar-refractivity contribution in [2.45, 2.75) is 104 Å². The smallest absolute Gasteiger partial charge is 0.245 e. The lowest BCUT2D eigenvalue weighted by Crippen LogP contribution is -2.60. The zero-order valence-electron chi connectivity index (χ0n) is 23.2. The SMILES string of the molecule is CCCCCC(=O)NC(C(=O)NC(CN(C)C(C)=O)C(=O)NC(CC(C)C)C(=O)C1(C)CO1)C(C)C. The molecule has 3 N–H and O–H groups in total. The first-order valence-electron chi connectivity index (χ1n) is 13.0. The Bertz CT molecular complexity index is 793. The van der Waals surface area contributed by atoms with E-state index in [1.54, 1.807) is 20.8 Å². The van der Waals surface area contributed by atoms with Gasteiger partial charge in [0.1, 0.15) is 17.7 Å². The molecule has 36 heavy (non-hydrogen) atoms. The summed E-state index contributed by atoms with van der Waals surface area (Å²) in [6.07, 6.45) is 3.37. The van der Waals surface area contributed by atoms with Crippen molar-refractivity contribution >= 4 is 29.4 Å². The summed E-state index contributed by atoms with van der Waals surface area (Å²) in [4.78, 5) is 65.0. The summed E-state index contributed by atoms with van der Waals surface area (Å²) in [6.45, 7) is 12.8. The number of likely N-dealkylation sites (N-methyl/N-ethyl adjacent to an activating group) is 1. The topological polar surface area (TPSA) is 137 Å². The largest absolute Gasteiger partial charge is 0.361 e. The summed E-state index contributed by atoms with van der Waals surface area (Å²) >= 11 is 0. The number of nitrogens with zero attached hydrogens (tertiary/aromatic N) is 1. The normalized spacial score (nSPS) is 19.3. The van der Waals surface area contributed by atoms with E-state index in [1.165, 1.54) is 18.9 Å². The molecular weight excluding hydrogens is 464 g/mol. The van der Waals surface area contributed by atoms with Gasteiger partial charge in [-0.05, 0) is 31.6 Å². The Morgan fingerprint density at radius 1 is 0.944 bits per heavy atom. The molecule has 0 aliphatic carbocycles. The first-order chi connectivity index (χ1) is 16.7. The van der Waals surface area contributed by atoms with Gasteiger partial charge in [0.25, 0.3) is 0 Å². The fraction of sp³-hybridized carbons (Fsp3) is 0.808. The summed E-state index contributed by atoms with van der Waals surface area (Å²) in [6, 6.07) is -2.74. The molecule has 0 aromatic heterocycles. The molecule has 0 radical (unpaired) electrons. The Labute approximate surface area is 215 Å². The molecule has 1 fully saturated rings. The molecule has 10 nitrogen and oxygen atoms in total. The van der Waals surface area contributed by atoms with Crippen LogP contribution in [0, 0.1) is 11.8 Å². The number of nitrogens with one attached hydrogen (secondary N) is 3. The predicted molar refractivity (Wildman–Crippen MR) is 137 cm³/mol. The summed E-state index contributed by atoms with van der Waals surface area (Å²) < 4.78 is 5.29. The highest BCUT2D eigenvalue weighted by atomic mass is 16.6. The molecule has 10 heteroatoms. The van der Waals surface area contributed by atoms with Gasteiger partial charge < -0.3 is 25.6 Å². The van der Waals surface area contributed by atoms with Crippen LogP contribution < -0.4 is 16.0 Å². The van der Waals surface area contributed by atoms with E-state index in [1.807, 2.05) is 20.8 Å². The van der Waals surface area contributed by atoms with Gasteiger partial charge in [0, 0.05) is 26.9 Å². The minimum atomic E-state index is -1.11. The number of ketones is 1. The van der Waals surface area contributed by atoms with Gasteiger partial charge in [0.2, 0.25) is 23.6 Å². The van der Waals surface area contributed by atoms with Crippen LogP contribution in [0.15, 0.2) is 0 Å². The number of carbonyl (C=O) groups is 5. The molecule has 4 amide bonds. The average molecular weight is 511 g/mol. The van der Waals surface area contributed by atoms with Crippen molar-refractivity contribution in [3.8, 4) is 0 Å². The third-order valence-electron chi connectivity index (χ3n) is 6.34. The van der Waals surface area contributed by atoms with Crippen molar-refractivity contribution in [3.05, 3.63) is 0 Å². The van der Waals surface area contributed by atoms with Crippen molar-refractivity contribution in [2.75, 3.05) is 20.2 Å². The molecule has 0 aromatic carbocycles. The fourth-order valence-electron chi connectivity index (χ4n) is 3.77. The van der Waals surface area contributed by atoms with E-state index in [0.29, 0.717) is 19.4 Å². The third-order valence-corrected chi connectivity index (χ3v) is 6.34. The quantitative estimate of drug-likeness (QED) is 0.213. The highest BCUT2D eigenvalue weighted by Crippen LogP contribution is 2.29. The molecule has 1 saturated heterocycles. The molecule has 1 aliphatic heterocycles. The number of hydrogen-bond acceptors (Lipinski definition) is 6. The Morgan fingerprint density at radius 3 is 2.00 bits per heavy atom. The summed E-state index contributed by atoms with van der Waals surface area (Å²) in [5.41, 5.74) is -0.910. The second-order valence-corrected chi connectivity index (χ2v) is 10.8. The monoisotopic (exact) mass is 510 g/mol. The molecule has 206 valence electrons. The van der Waals surface area contributed by atoms with Crippen molar-refractivity contribution in [1.29, 1.82) is 0 Å². The van der Waals surface area contributed by atoms with Gasteiger partial charge in [0.15, 0.2) is 5.78 Å². The second-order valence-electron chi connectivity index (χ2n) is 10.8. The predicted octanol–water partition coefficient (Wildman–Crippen LogP) is 1.56. The summed E-state index contributed by atoms with van der Waals surface area (Å²) in [7, 11) is 1.53. The van der Waals surface area contributed by atoms with Crippen molar-refractivity contribution < 1.29 is 28.7 Å². The van der Waals surface area contributed by atoms with E-state index in [0.717, 1.165) is 19.3 Å². The summed E-state index contributed by atoms with van der Waals surface area (Å²) in [5, 5.41) is 8.26. The maximum atomic E-state index is 13.3. The second kappa shape index (κ2) is 14.3. The van der Waals surface area contributed by atoms with Gasteiger partial charge in [-0.1, -0.05) is 47.5 Å². The van der Waals surface area contributed by atoms with Crippen LogP contribution >= 0.6 is 0 Å². The minimum Gasteiger partial charge on any atom is -0.361 e. The Kier molecular flexibility index (Phi) is 12.5. The van der Waals surface area contributed by atoms with Crippen molar-refractivity contribution in [3.63, 3.8) is 0 Å². The molecule has 4 atom stereocenters. The van der Waals surface area contributed by atoms with Crippen molar-refractivity contribution in [2.24, 2.45) is 11.8 Å². The minimum absolute atomic E-state index is 0.0848. The molecule has 0 bridgehead atoms. The van der Waals surface area contributed by atoms with E-state index in [9.17, 15) is 24.0 Å². The van der Waals surface area contributed by atoms with Crippen LogP contribution in [0.1, 0.15) is 80.6 Å². The van der Waals surface area contributed by atoms with E-state index in [-0.39, 0.29) is 36.0 Å². The van der Waals surface area contributed by atoms with Crippen LogP contribution in [0.4, 0.5) is 0 Å². The van der Waals surface area contributed by atoms with Crippen LogP contribution in [0.5, 0.6) is 0 Å². The number of Topliss-reactive ketones (excluding diaryl/α,β-unsaturated/α-hetero) is 1. The zero-order chi connectivity index (χ0) is 27.6. The number of ether oxygens (including phenoxy) is 1. The first kappa shape index (κ1) is 31.5. The zero-order valence-corrected chi connectivity index (χ0v) is 23.2. The van der Waals surface area contributed by atoms with Crippen LogP contribution in [0.2, 0.25) is 0 Å². The number of rotatable bonds is 16. The molecule has 1 rings (SSSR count). The van der Waals surface area contributed by atoms with E-state index < -0.39 is 35.5 Å². The standard InChI is InChI=1S/C26H46N4O6/c1-9-10-11-12-21(32)29-22(17(4)5)25(35)28-20(14-30(8)18(6)31)24(34)27-19(13-16(2)3)23(33)26(7)15-36-26/h16-17,19-20,22H,9-15H2,1-8H3,(H,27,34)(H,28,35)(H,29,32). The number of unbranched alkanes of at least 4 members (excludes halogenated alkanes) is 2. The molecular formula is C26H46N4O6. The molecule has 0 aromatic rings. The van der Waals surface area contributed by atoms with Crippen LogP contribution in [-0.2, 0) is 28.7 Å². The Balaban J connectivity index is 3.03. The Morgan fingerprint density at radius 2 is 1.53 bits per heavy atom. The van der Waals surface area contributed by atoms with Gasteiger partial charge in [-0.2, -0.15) is 0 Å². The lowest BCUT2D eigenvalue weighted by atomic mass is 9.93. The van der Waals surface area contributed by atoms with Gasteiger partial charge in [0.05, 0.1) is 12.6 Å². The summed E-state index contributed by atoms with van der Waals surface area (Å²) in [5.74, 6) is -1.90. The number of hydrogen-bond donors (Lipinski definition) is 3. The molecule has 1 aliphatic rings. The van der Waals surface area contributed by atoms with E-state index in [4.69, 9.17) is 4.74 Å². The molecule has 4 unspecified atom stereocenters. The van der Waals surface area contributed by atoms with Crippen LogP contribution in [-0.4, -0.2) is 78.2 Å². The number of epoxide rings is 1. The lowest BCUT2D eigenvalue weighted by molar-refractivity contribution is -0.136. The van der Waals surface area contributed by atoms with Crippen molar-refractivity contribution in [1.82, 2.24) is 20.9 Å².